The lowest BCUT2D eigenvalue weighted by molar-refractivity contribution is -0.138. The lowest BCUT2D eigenvalue weighted by Gasteiger charge is -2.21. The molecule has 2 aromatic carbocycles. The van der Waals surface area contributed by atoms with Crippen molar-refractivity contribution in [2.45, 2.75) is 43.9 Å². The van der Waals surface area contributed by atoms with E-state index in [1.807, 2.05) is 28.8 Å². The molecule has 4 aromatic rings. The number of carboxylic acid groups (broad SMARTS) is 1. The molecular weight excluding hydrogens is 528 g/mol. The number of hydrogen-bond donors (Lipinski definition) is 3. The van der Waals surface area contributed by atoms with Crippen LogP contribution >= 0.6 is 0 Å². The summed E-state index contributed by atoms with van der Waals surface area (Å²) in [6.07, 6.45) is 0.385. The van der Waals surface area contributed by atoms with Crippen LogP contribution < -0.4 is 14.8 Å². The quantitative estimate of drug-likeness (QED) is 0.223. The van der Waals surface area contributed by atoms with Gasteiger partial charge in [0.1, 0.15) is 23.0 Å². The van der Waals surface area contributed by atoms with Crippen molar-refractivity contribution in [2.75, 3.05) is 5.32 Å². The summed E-state index contributed by atoms with van der Waals surface area (Å²) < 4.78 is 42.0. The number of para-hydroxylation sites is 2. The summed E-state index contributed by atoms with van der Waals surface area (Å²) in [5.41, 5.74) is 1.82. The number of aldehydes is 1. The summed E-state index contributed by atoms with van der Waals surface area (Å²) >= 11 is 0. The number of aromatic nitrogens is 2. The fourth-order valence-corrected chi connectivity index (χ4v) is 5.32. The van der Waals surface area contributed by atoms with Crippen LogP contribution in [-0.2, 0) is 31.0 Å². The molecule has 3 N–H and O–H groups in total. The number of carboxylic acids is 1. The lowest BCUT2D eigenvalue weighted by Crippen LogP contribution is -2.37. The number of nitrogens with zero attached hydrogens (tertiary/aromatic N) is 2. The Labute approximate surface area is 223 Å². The highest BCUT2D eigenvalue weighted by atomic mass is 32.2. The van der Waals surface area contributed by atoms with Gasteiger partial charge in [0.15, 0.2) is 11.6 Å². The van der Waals surface area contributed by atoms with Crippen LogP contribution in [-0.4, -0.2) is 53.4 Å². The molecule has 0 saturated carbocycles. The number of hydrogen-bond acceptors (Lipinski definition) is 8. The molecule has 0 bridgehead atoms. The number of carbonyl (C=O) groups is 3. The SMILES string of the molecule is CC(=O)Nc1ccc(S(=O)(=O)NC(C=O)CC(=O)O)c(OC(C)Cn2c(-c3ccco3)nc3ccccc32)c1. The number of furan rings is 1. The van der Waals surface area contributed by atoms with Crippen molar-refractivity contribution in [2.24, 2.45) is 0 Å². The number of sulfonamides is 1. The van der Waals surface area contributed by atoms with Gasteiger partial charge in [-0.25, -0.2) is 18.1 Å². The van der Waals surface area contributed by atoms with Crippen molar-refractivity contribution in [3.63, 3.8) is 0 Å². The maximum Gasteiger partial charge on any atom is 0.305 e. The third kappa shape index (κ3) is 6.51. The highest BCUT2D eigenvalue weighted by Gasteiger charge is 2.27. The molecule has 0 aliphatic rings. The summed E-state index contributed by atoms with van der Waals surface area (Å²) in [7, 11) is -4.40. The second kappa shape index (κ2) is 11.5. The molecule has 39 heavy (non-hydrogen) atoms. The van der Waals surface area contributed by atoms with E-state index in [0.717, 1.165) is 11.0 Å². The summed E-state index contributed by atoms with van der Waals surface area (Å²) in [6, 6.07) is 13.4. The largest absolute Gasteiger partial charge is 0.487 e. The van der Waals surface area contributed by atoms with E-state index in [9.17, 15) is 22.8 Å². The van der Waals surface area contributed by atoms with Gasteiger partial charge in [0, 0.05) is 18.7 Å². The van der Waals surface area contributed by atoms with Gasteiger partial charge in [-0.15, -0.1) is 0 Å². The molecule has 2 atom stereocenters. The first kappa shape index (κ1) is 27.5. The van der Waals surface area contributed by atoms with E-state index in [4.69, 9.17) is 14.3 Å². The molecule has 0 saturated heterocycles. The first-order valence-corrected chi connectivity index (χ1v) is 13.3. The molecule has 1 amide bonds. The van der Waals surface area contributed by atoms with Crippen molar-refractivity contribution in [1.82, 2.24) is 14.3 Å². The average molecular weight is 555 g/mol. The summed E-state index contributed by atoms with van der Waals surface area (Å²) in [6.45, 7) is 3.27. The summed E-state index contributed by atoms with van der Waals surface area (Å²) in [4.78, 5) is 38.3. The molecular formula is C26H26N4O8S. The Bertz CT molecular complexity index is 1610. The van der Waals surface area contributed by atoms with Gasteiger partial charge in [-0.2, -0.15) is 0 Å². The second-order valence-electron chi connectivity index (χ2n) is 8.74. The smallest absolute Gasteiger partial charge is 0.305 e. The maximum absolute atomic E-state index is 13.2. The minimum absolute atomic E-state index is 0.106. The monoisotopic (exact) mass is 554 g/mol. The van der Waals surface area contributed by atoms with Crippen LogP contribution in [0.4, 0.5) is 5.69 Å². The van der Waals surface area contributed by atoms with Crippen LogP contribution in [0.1, 0.15) is 20.3 Å². The van der Waals surface area contributed by atoms with Gasteiger partial charge in [-0.3, -0.25) is 9.59 Å². The van der Waals surface area contributed by atoms with Crippen molar-refractivity contribution in [3.8, 4) is 17.3 Å². The number of amides is 1. The predicted octanol–water partition coefficient (Wildman–Crippen LogP) is 3.04. The number of nitrogens with one attached hydrogen (secondary N) is 2. The molecule has 4 rings (SSSR count). The van der Waals surface area contributed by atoms with E-state index in [1.54, 1.807) is 19.1 Å². The second-order valence-corrected chi connectivity index (χ2v) is 10.4. The van der Waals surface area contributed by atoms with Crippen molar-refractivity contribution >= 4 is 44.9 Å². The average Bonchev–Trinajstić information content (AvgIpc) is 3.51. The minimum atomic E-state index is -4.40. The van der Waals surface area contributed by atoms with Gasteiger partial charge < -0.3 is 28.9 Å². The highest BCUT2D eigenvalue weighted by Crippen LogP contribution is 2.30. The third-order valence-corrected chi connectivity index (χ3v) is 7.11. The van der Waals surface area contributed by atoms with Crippen molar-refractivity contribution in [1.29, 1.82) is 0 Å². The Morgan fingerprint density at radius 1 is 1.18 bits per heavy atom. The number of imidazole rings is 1. The van der Waals surface area contributed by atoms with Crippen LogP contribution in [0.25, 0.3) is 22.6 Å². The topological polar surface area (TPSA) is 170 Å². The Morgan fingerprint density at radius 2 is 1.95 bits per heavy atom. The molecule has 0 aliphatic carbocycles. The molecule has 0 aliphatic heterocycles. The van der Waals surface area contributed by atoms with E-state index in [-0.39, 0.29) is 35.1 Å². The molecule has 0 radical (unpaired) electrons. The fourth-order valence-electron chi connectivity index (χ4n) is 4.04. The van der Waals surface area contributed by atoms with Gasteiger partial charge in [0.05, 0.1) is 36.3 Å². The zero-order chi connectivity index (χ0) is 28.2. The Kier molecular flexibility index (Phi) is 8.12. The van der Waals surface area contributed by atoms with Gasteiger partial charge in [-0.05, 0) is 43.3 Å². The first-order chi connectivity index (χ1) is 18.6. The van der Waals surface area contributed by atoms with E-state index in [0.29, 0.717) is 11.6 Å². The summed E-state index contributed by atoms with van der Waals surface area (Å²) in [5.74, 6) is -0.735. The number of fused-ring (bicyclic) bond motifs is 1. The van der Waals surface area contributed by atoms with Gasteiger partial charge in [-0.1, -0.05) is 12.1 Å². The molecule has 0 fully saturated rings. The maximum atomic E-state index is 13.2. The Hall–Kier alpha value is -4.49. The van der Waals surface area contributed by atoms with E-state index in [2.05, 4.69) is 15.0 Å². The molecule has 204 valence electrons. The number of benzene rings is 2. The van der Waals surface area contributed by atoms with Crippen LogP contribution in [0.15, 0.2) is 70.2 Å². The predicted molar refractivity (Wildman–Crippen MR) is 141 cm³/mol. The van der Waals surface area contributed by atoms with Crippen LogP contribution in [0.2, 0.25) is 0 Å². The summed E-state index contributed by atoms with van der Waals surface area (Å²) in [5, 5.41) is 11.6. The Morgan fingerprint density at radius 3 is 2.62 bits per heavy atom. The van der Waals surface area contributed by atoms with Gasteiger partial charge in [0.25, 0.3) is 0 Å². The molecule has 13 heteroatoms. The normalized spacial score (nSPS) is 13.1. The number of anilines is 1. The number of rotatable bonds is 12. The van der Waals surface area contributed by atoms with E-state index >= 15 is 0 Å². The van der Waals surface area contributed by atoms with E-state index in [1.165, 1.54) is 31.4 Å². The molecule has 2 unspecified atom stereocenters. The standard InChI is InChI=1S/C26H26N4O8S/c1-16(14-30-21-7-4-3-6-20(21)28-26(30)22-8-5-11-37-22)38-23-12-18(27-17(2)32)9-10-24(23)39(35,36)29-19(15-31)13-25(33)34/h3-12,15-16,19,29H,13-14H2,1-2H3,(H,27,32)(H,33,34). The molecule has 12 nitrogen and oxygen atoms in total. The molecule has 2 heterocycles. The zero-order valence-corrected chi connectivity index (χ0v) is 21.8. The van der Waals surface area contributed by atoms with Crippen LogP contribution in [0, 0.1) is 0 Å². The minimum Gasteiger partial charge on any atom is -0.487 e. The number of carbonyl (C=O) groups excluding carboxylic acids is 2. The highest BCUT2D eigenvalue weighted by molar-refractivity contribution is 7.89. The van der Waals surface area contributed by atoms with Crippen molar-refractivity contribution in [3.05, 3.63) is 60.9 Å². The molecule has 0 spiro atoms. The van der Waals surface area contributed by atoms with Gasteiger partial charge in [0.2, 0.25) is 15.9 Å². The zero-order valence-electron chi connectivity index (χ0n) is 21.0. The van der Waals surface area contributed by atoms with Gasteiger partial charge >= 0.3 is 5.97 Å². The number of aliphatic carboxylic acids is 1. The van der Waals surface area contributed by atoms with Crippen molar-refractivity contribution < 1.29 is 37.1 Å². The Balaban J connectivity index is 1.68. The first-order valence-electron chi connectivity index (χ1n) is 11.8. The van der Waals surface area contributed by atoms with E-state index < -0.39 is 34.6 Å². The van der Waals surface area contributed by atoms with Crippen LogP contribution in [0.3, 0.4) is 0 Å². The third-order valence-electron chi connectivity index (χ3n) is 5.58. The number of ether oxygens (including phenoxy) is 1. The lowest BCUT2D eigenvalue weighted by atomic mass is 10.2. The molecule has 2 aromatic heterocycles. The van der Waals surface area contributed by atoms with Crippen LogP contribution in [0.5, 0.6) is 5.75 Å². The fraction of sp³-hybridized carbons (Fsp3) is 0.231.